The molecule has 25 heavy (non-hydrogen) atoms. The Kier molecular flexibility index (Phi) is 7.27. The molecule has 0 unspecified atom stereocenters. The van der Waals surface area contributed by atoms with Crippen LogP contribution in [-0.2, 0) is 9.53 Å². The van der Waals surface area contributed by atoms with Gasteiger partial charge in [-0.15, -0.1) is 0 Å². The maximum atomic E-state index is 12.6. The maximum Gasteiger partial charge on any atom is 0.354 e. The van der Waals surface area contributed by atoms with Crippen molar-refractivity contribution in [2.75, 3.05) is 19.7 Å². The van der Waals surface area contributed by atoms with Gasteiger partial charge < -0.3 is 9.64 Å². The van der Waals surface area contributed by atoms with E-state index in [1.165, 1.54) is 0 Å². The summed E-state index contributed by atoms with van der Waals surface area (Å²) in [6.07, 6.45) is 2.04. The molecule has 3 heteroatoms. The van der Waals surface area contributed by atoms with Crippen molar-refractivity contribution in [3.05, 3.63) is 83.6 Å². The van der Waals surface area contributed by atoms with Crippen molar-refractivity contribution in [1.82, 2.24) is 4.90 Å². The van der Waals surface area contributed by atoms with E-state index in [9.17, 15) is 4.79 Å². The van der Waals surface area contributed by atoms with Crippen LogP contribution in [0.5, 0.6) is 0 Å². The van der Waals surface area contributed by atoms with Gasteiger partial charge in [-0.3, -0.25) is 0 Å². The summed E-state index contributed by atoms with van der Waals surface area (Å²) >= 11 is 0. The lowest BCUT2D eigenvalue weighted by atomic mass is 9.90. The van der Waals surface area contributed by atoms with E-state index in [0.29, 0.717) is 12.3 Å². The molecule has 0 aliphatic rings. The zero-order valence-corrected chi connectivity index (χ0v) is 15.3. The first-order valence-electron chi connectivity index (χ1n) is 8.95. The van der Waals surface area contributed by atoms with Crippen molar-refractivity contribution in [1.29, 1.82) is 0 Å². The van der Waals surface area contributed by atoms with E-state index in [1.54, 1.807) is 0 Å². The third-order valence-electron chi connectivity index (χ3n) is 4.23. The van der Waals surface area contributed by atoms with E-state index in [1.807, 2.05) is 49.4 Å². The van der Waals surface area contributed by atoms with E-state index in [4.69, 9.17) is 4.74 Å². The van der Waals surface area contributed by atoms with Gasteiger partial charge in [0.25, 0.3) is 0 Å². The van der Waals surface area contributed by atoms with Crippen LogP contribution >= 0.6 is 0 Å². The Labute approximate surface area is 150 Å². The second kappa shape index (κ2) is 9.67. The number of benzene rings is 2. The molecule has 0 aliphatic heterocycles. The van der Waals surface area contributed by atoms with Crippen molar-refractivity contribution in [3.8, 4) is 0 Å². The van der Waals surface area contributed by atoms with Crippen LogP contribution < -0.4 is 0 Å². The zero-order valence-electron chi connectivity index (χ0n) is 15.3. The standard InChI is InChI=1S/C22H27NO2/c1-4-23(5-2)21(22(24)25-6-3)17-20(18-13-9-7-10-14-18)19-15-11-8-12-16-19/h7-17,20H,4-6H2,1-3H3/b21-17-. The summed E-state index contributed by atoms with van der Waals surface area (Å²) in [6, 6.07) is 20.5. The number of hydrogen-bond donors (Lipinski definition) is 0. The summed E-state index contributed by atoms with van der Waals surface area (Å²) in [5.74, 6) is -0.259. The Hall–Kier alpha value is -2.55. The van der Waals surface area contributed by atoms with E-state index < -0.39 is 0 Å². The second-order valence-electron chi connectivity index (χ2n) is 5.74. The third-order valence-corrected chi connectivity index (χ3v) is 4.23. The van der Waals surface area contributed by atoms with Gasteiger partial charge in [0, 0.05) is 19.0 Å². The predicted octanol–water partition coefficient (Wildman–Crippen LogP) is 4.61. The fourth-order valence-corrected chi connectivity index (χ4v) is 2.94. The molecular weight excluding hydrogens is 310 g/mol. The van der Waals surface area contributed by atoms with Gasteiger partial charge in [0.15, 0.2) is 0 Å². The maximum absolute atomic E-state index is 12.6. The normalized spacial score (nSPS) is 11.4. The lowest BCUT2D eigenvalue weighted by Gasteiger charge is -2.25. The number of nitrogens with zero attached hydrogens (tertiary/aromatic N) is 1. The molecular formula is C22H27NO2. The van der Waals surface area contributed by atoms with Crippen molar-refractivity contribution >= 4 is 5.97 Å². The molecule has 0 aliphatic carbocycles. The molecule has 0 fully saturated rings. The molecule has 0 spiro atoms. The highest BCUT2D eigenvalue weighted by Gasteiger charge is 2.20. The first-order chi connectivity index (χ1) is 12.2. The van der Waals surface area contributed by atoms with Crippen molar-refractivity contribution in [2.24, 2.45) is 0 Å². The number of ether oxygens (including phenoxy) is 1. The summed E-state index contributed by atoms with van der Waals surface area (Å²) in [4.78, 5) is 14.6. The average molecular weight is 337 g/mol. The van der Waals surface area contributed by atoms with Crippen LogP contribution in [-0.4, -0.2) is 30.6 Å². The summed E-state index contributed by atoms with van der Waals surface area (Å²) in [5, 5.41) is 0. The van der Waals surface area contributed by atoms with Crippen LogP contribution in [0.2, 0.25) is 0 Å². The van der Waals surface area contributed by atoms with Gasteiger partial charge in [-0.1, -0.05) is 60.7 Å². The van der Waals surface area contributed by atoms with Gasteiger partial charge >= 0.3 is 5.97 Å². The fraction of sp³-hybridized carbons (Fsp3) is 0.318. The van der Waals surface area contributed by atoms with Gasteiger partial charge in [-0.25, -0.2) is 4.79 Å². The molecule has 2 aromatic rings. The van der Waals surface area contributed by atoms with Gasteiger partial charge in [0.05, 0.1) is 6.61 Å². The van der Waals surface area contributed by atoms with E-state index in [-0.39, 0.29) is 11.9 Å². The minimum atomic E-state index is -0.261. The third kappa shape index (κ3) is 4.96. The lowest BCUT2D eigenvalue weighted by Crippen LogP contribution is -2.29. The first kappa shape index (κ1) is 18.8. The van der Waals surface area contributed by atoms with Gasteiger partial charge in [0.2, 0.25) is 0 Å². The summed E-state index contributed by atoms with van der Waals surface area (Å²) in [6.45, 7) is 7.84. The topological polar surface area (TPSA) is 29.5 Å². The minimum absolute atomic E-state index is 0.00223. The second-order valence-corrected chi connectivity index (χ2v) is 5.74. The Morgan fingerprint density at radius 1 is 0.920 bits per heavy atom. The van der Waals surface area contributed by atoms with E-state index in [0.717, 1.165) is 24.2 Å². The molecule has 0 radical (unpaired) electrons. The molecule has 2 rings (SSSR count). The summed E-state index contributed by atoms with van der Waals surface area (Å²) in [7, 11) is 0. The Morgan fingerprint density at radius 2 is 1.40 bits per heavy atom. The highest BCUT2D eigenvalue weighted by Crippen LogP contribution is 2.28. The number of allylic oxidation sites excluding steroid dienone is 1. The van der Waals surface area contributed by atoms with E-state index >= 15 is 0 Å². The minimum Gasteiger partial charge on any atom is -0.461 e. The quantitative estimate of drug-likeness (QED) is 0.520. The highest BCUT2D eigenvalue weighted by atomic mass is 16.5. The number of likely N-dealkylation sites (N-methyl/N-ethyl adjacent to an activating group) is 1. The van der Waals surface area contributed by atoms with Crippen LogP contribution in [0.4, 0.5) is 0 Å². The highest BCUT2D eigenvalue weighted by molar-refractivity contribution is 5.88. The van der Waals surface area contributed by atoms with Crippen molar-refractivity contribution < 1.29 is 9.53 Å². The number of esters is 1. The number of hydrogen-bond acceptors (Lipinski definition) is 3. The van der Waals surface area contributed by atoms with Gasteiger partial charge in [-0.2, -0.15) is 0 Å². The van der Waals surface area contributed by atoms with Gasteiger partial charge in [-0.05, 0) is 38.0 Å². The molecule has 0 bridgehead atoms. The smallest absolute Gasteiger partial charge is 0.354 e. The zero-order chi connectivity index (χ0) is 18.1. The van der Waals surface area contributed by atoms with Crippen LogP contribution in [0.25, 0.3) is 0 Å². The monoisotopic (exact) mass is 337 g/mol. The van der Waals surface area contributed by atoms with Crippen molar-refractivity contribution in [2.45, 2.75) is 26.7 Å². The van der Waals surface area contributed by atoms with Gasteiger partial charge in [0.1, 0.15) is 5.70 Å². The molecule has 0 heterocycles. The SMILES string of the molecule is CCOC(=O)/C(=C/C(c1ccccc1)c1ccccc1)N(CC)CC. The summed E-state index contributed by atoms with van der Waals surface area (Å²) in [5.41, 5.74) is 2.94. The molecule has 0 aromatic heterocycles. The predicted molar refractivity (Wildman–Crippen MR) is 102 cm³/mol. The molecule has 132 valence electrons. The van der Waals surface area contributed by atoms with Crippen LogP contribution in [0, 0.1) is 0 Å². The van der Waals surface area contributed by atoms with Crippen molar-refractivity contribution in [3.63, 3.8) is 0 Å². The Morgan fingerprint density at radius 3 is 1.80 bits per heavy atom. The largest absolute Gasteiger partial charge is 0.461 e. The number of carbonyl (C=O) groups is 1. The summed E-state index contributed by atoms with van der Waals surface area (Å²) < 4.78 is 5.31. The number of rotatable bonds is 8. The lowest BCUT2D eigenvalue weighted by molar-refractivity contribution is -0.140. The molecule has 0 saturated heterocycles. The Bertz CT molecular complexity index is 636. The van der Waals surface area contributed by atoms with E-state index in [2.05, 4.69) is 43.0 Å². The Balaban J connectivity index is 2.53. The molecule has 0 amide bonds. The molecule has 0 saturated carbocycles. The number of carbonyl (C=O) groups excluding carboxylic acids is 1. The fourth-order valence-electron chi connectivity index (χ4n) is 2.94. The van der Waals surface area contributed by atoms with Crippen LogP contribution in [0.3, 0.4) is 0 Å². The molecule has 0 atom stereocenters. The average Bonchev–Trinajstić information content (AvgIpc) is 2.66. The molecule has 0 N–H and O–H groups in total. The molecule has 3 nitrogen and oxygen atoms in total. The van der Waals surface area contributed by atoms with Crippen LogP contribution in [0.15, 0.2) is 72.4 Å². The van der Waals surface area contributed by atoms with Crippen LogP contribution in [0.1, 0.15) is 37.8 Å². The molecule has 2 aromatic carbocycles. The first-order valence-corrected chi connectivity index (χ1v) is 8.95.